The SMILES string of the molecule is C/C=C1/CC(c2ccccc2)OC1(C)C. The zero-order chi connectivity index (χ0) is 10.9. The molecule has 1 aliphatic rings. The van der Waals surface area contributed by atoms with Crippen molar-refractivity contribution in [2.75, 3.05) is 0 Å². The van der Waals surface area contributed by atoms with Gasteiger partial charge in [-0.3, -0.25) is 0 Å². The summed E-state index contributed by atoms with van der Waals surface area (Å²) in [5, 5.41) is 0. The van der Waals surface area contributed by atoms with Crippen LogP contribution < -0.4 is 0 Å². The maximum atomic E-state index is 6.07. The first-order valence-corrected chi connectivity index (χ1v) is 5.52. The van der Waals surface area contributed by atoms with Gasteiger partial charge in [0, 0.05) is 6.42 Å². The molecule has 80 valence electrons. The van der Waals surface area contributed by atoms with Crippen molar-refractivity contribution >= 4 is 0 Å². The standard InChI is InChI=1S/C14H18O/c1-4-12-10-13(15-14(12,2)3)11-8-6-5-7-9-11/h4-9,13H,10H2,1-3H3/b12-4-. The van der Waals surface area contributed by atoms with Gasteiger partial charge in [0.05, 0.1) is 11.7 Å². The van der Waals surface area contributed by atoms with Crippen LogP contribution in [-0.4, -0.2) is 5.60 Å². The normalized spacial score (nSPS) is 27.1. The van der Waals surface area contributed by atoms with E-state index >= 15 is 0 Å². The Kier molecular flexibility index (Phi) is 2.66. The van der Waals surface area contributed by atoms with Gasteiger partial charge in [0.1, 0.15) is 0 Å². The molecule has 1 heterocycles. The third-order valence-corrected chi connectivity index (χ3v) is 3.14. The molecule has 0 bridgehead atoms. The topological polar surface area (TPSA) is 9.23 Å². The quantitative estimate of drug-likeness (QED) is 0.628. The van der Waals surface area contributed by atoms with Crippen LogP contribution in [0.5, 0.6) is 0 Å². The molecule has 1 nitrogen and oxygen atoms in total. The minimum absolute atomic E-state index is 0.102. The molecule has 1 atom stereocenters. The molecule has 0 spiro atoms. The van der Waals surface area contributed by atoms with E-state index in [1.54, 1.807) is 0 Å². The van der Waals surface area contributed by atoms with Crippen molar-refractivity contribution in [2.45, 2.75) is 38.9 Å². The zero-order valence-corrected chi connectivity index (χ0v) is 9.66. The Bertz CT molecular complexity index is 362. The molecule has 1 unspecified atom stereocenters. The molecule has 0 radical (unpaired) electrons. The fourth-order valence-corrected chi connectivity index (χ4v) is 2.24. The maximum Gasteiger partial charge on any atom is 0.0874 e. The van der Waals surface area contributed by atoms with Gasteiger partial charge in [-0.15, -0.1) is 0 Å². The third kappa shape index (κ3) is 1.98. The van der Waals surface area contributed by atoms with Crippen LogP contribution in [0.25, 0.3) is 0 Å². The Labute approximate surface area is 91.8 Å². The van der Waals surface area contributed by atoms with Crippen molar-refractivity contribution in [3.63, 3.8) is 0 Å². The van der Waals surface area contributed by atoms with Crippen LogP contribution in [0.2, 0.25) is 0 Å². The predicted molar refractivity (Wildman–Crippen MR) is 62.7 cm³/mol. The number of hydrogen-bond donors (Lipinski definition) is 0. The predicted octanol–water partition coefficient (Wildman–Crippen LogP) is 3.87. The highest BCUT2D eigenvalue weighted by Gasteiger charge is 2.36. The molecule has 1 aromatic carbocycles. The Morgan fingerprint density at radius 1 is 1.27 bits per heavy atom. The summed E-state index contributed by atoms with van der Waals surface area (Å²) in [6.07, 6.45) is 3.43. The molecule has 1 heteroatoms. The van der Waals surface area contributed by atoms with Crippen LogP contribution in [0.15, 0.2) is 42.0 Å². The first-order valence-electron chi connectivity index (χ1n) is 5.52. The highest BCUT2D eigenvalue weighted by atomic mass is 16.5. The van der Waals surface area contributed by atoms with Gasteiger partial charge >= 0.3 is 0 Å². The van der Waals surface area contributed by atoms with Crippen LogP contribution in [0, 0.1) is 0 Å². The summed E-state index contributed by atoms with van der Waals surface area (Å²) in [6.45, 7) is 6.38. The summed E-state index contributed by atoms with van der Waals surface area (Å²) >= 11 is 0. The lowest BCUT2D eigenvalue weighted by Gasteiger charge is -2.20. The molecule has 0 N–H and O–H groups in total. The molecule has 1 saturated heterocycles. The molecule has 15 heavy (non-hydrogen) atoms. The molecule has 1 fully saturated rings. The molecule has 0 aliphatic carbocycles. The van der Waals surface area contributed by atoms with E-state index in [4.69, 9.17) is 4.74 Å². The van der Waals surface area contributed by atoms with E-state index in [9.17, 15) is 0 Å². The van der Waals surface area contributed by atoms with Crippen LogP contribution in [0.3, 0.4) is 0 Å². The van der Waals surface area contributed by atoms with Gasteiger partial charge in [0.25, 0.3) is 0 Å². The Morgan fingerprint density at radius 2 is 1.93 bits per heavy atom. The lowest BCUT2D eigenvalue weighted by Crippen LogP contribution is -2.19. The summed E-state index contributed by atoms with van der Waals surface area (Å²) < 4.78 is 6.07. The van der Waals surface area contributed by atoms with E-state index in [0.717, 1.165) is 6.42 Å². The summed E-state index contributed by atoms with van der Waals surface area (Å²) in [4.78, 5) is 0. The summed E-state index contributed by atoms with van der Waals surface area (Å²) in [6, 6.07) is 10.5. The highest BCUT2D eigenvalue weighted by molar-refractivity contribution is 5.26. The van der Waals surface area contributed by atoms with Crippen LogP contribution in [-0.2, 0) is 4.74 Å². The van der Waals surface area contributed by atoms with Crippen LogP contribution in [0.4, 0.5) is 0 Å². The monoisotopic (exact) mass is 202 g/mol. The second-order valence-electron chi connectivity index (χ2n) is 4.55. The maximum absolute atomic E-state index is 6.07. The Balaban J connectivity index is 2.24. The van der Waals surface area contributed by atoms with E-state index in [1.807, 2.05) is 6.07 Å². The lowest BCUT2D eigenvalue weighted by atomic mass is 9.95. The average molecular weight is 202 g/mol. The van der Waals surface area contributed by atoms with E-state index in [2.05, 4.69) is 51.1 Å². The second kappa shape index (κ2) is 3.82. The lowest BCUT2D eigenvalue weighted by molar-refractivity contribution is -0.00440. The number of allylic oxidation sites excluding steroid dienone is 1. The molecular weight excluding hydrogens is 184 g/mol. The van der Waals surface area contributed by atoms with Gasteiger partial charge < -0.3 is 4.74 Å². The van der Waals surface area contributed by atoms with Gasteiger partial charge in [-0.2, -0.15) is 0 Å². The van der Waals surface area contributed by atoms with E-state index in [1.165, 1.54) is 11.1 Å². The van der Waals surface area contributed by atoms with Crippen molar-refractivity contribution in [3.8, 4) is 0 Å². The molecular formula is C14H18O. The van der Waals surface area contributed by atoms with Crippen molar-refractivity contribution in [1.82, 2.24) is 0 Å². The summed E-state index contributed by atoms with van der Waals surface area (Å²) in [7, 11) is 0. The smallest absolute Gasteiger partial charge is 0.0874 e. The third-order valence-electron chi connectivity index (χ3n) is 3.14. The van der Waals surface area contributed by atoms with Crippen LogP contribution >= 0.6 is 0 Å². The van der Waals surface area contributed by atoms with Crippen molar-refractivity contribution in [2.24, 2.45) is 0 Å². The van der Waals surface area contributed by atoms with Crippen LogP contribution in [0.1, 0.15) is 38.9 Å². The first-order chi connectivity index (χ1) is 7.13. The van der Waals surface area contributed by atoms with E-state index in [0.29, 0.717) is 0 Å². The minimum Gasteiger partial charge on any atom is -0.363 e. The molecule has 0 aromatic heterocycles. The molecule has 2 rings (SSSR count). The van der Waals surface area contributed by atoms with Gasteiger partial charge in [0.2, 0.25) is 0 Å². The average Bonchev–Trinajstić information content (AvgIpc) is 2.55. The largest absolute Gasteiger partial charge is 0.363 e. The summed E-state index contributed by atoms with van der Waals surface area (Å²) in [5.74, 6) is 0. The van der Waals surface area contributed by atoms with E-state index in [-0.39, 0.29) is 11.7 Å². The molecule has 1 aromatic rings. The second-order valence-corrected chi connectivity index (χ2v) is 4.55. The van der Waals surface area contributed by atoms with E-state index < -0.39 is 0 Å². The van der Waals surface area contributed by atoms with Gasteiger partial charge in [-0.25, -0.2) is 0 Å². The van der Waals surface area contributed by atoms with Gasteiger partial charge in [-0.05, 0) is 31.9 Å². The minimum atomic E-state index is -0.102. The van der Waals surface area contributed by atoms with Crippen molar-refractivity contribution in [1.29, 1.82) is 0 Å². The van der Waals surface area contributed by atoms with Gasteiger partial charge in [-0.1, -0.05) is 36.4 Å². The van der Waals surface area contributed by atoms with Gasteiger partial charge in [0.15, 0.2) is 0 Å². The zero-order valence-electron chi connectivity index (χ0n) is 9.66. The summed E-state index contributed by atoms with van der Waals surface area (Å²) in [5.41, 5.74) is 2.58. The fourth-order valence-electron chi connectivity index (χ4n) is 2.24. The molecule has 0 amide bonds. The molecule has 1 aliphatic heterocycles. The number of benzene rings is 1. The molecule has 0 saturated carbocycles. The fraction of sp³-hybridized carbons (Fsp3) is 0.429. The first kappa shape index (κ1) is 10.4. The Morgan fingerprint density at radius 3 is 2.47 bits per heavy atom. The highest BCUT2D eigenvalue weighted by Crippen LogP contribution is 2.42. The van der Waals surface area contributed by atoms with Crippen molar-refractivity contribution in [3.05, 3.63) is 47.5 Å². The number of ether oxygens (including phenoxy) is 1. The number of hydrogen-bond acceptors (Lipinski definition) is 1. The van der Waals surface area contributed by atoms with Crippen molar-refractivity contribution < 1.29 is 4.74 Å². The Hall–Kier alpha value is -1.08. The number of rotatable bonds is 1.